The van der Waals surface area contributed by atoms with Crippen LogP contribution >= 0.6 is 0 Å². The molecule has 0 aliphatic carbocycles. The van der Waals surface area contributed by atoms with E-state index in [1.807, 2.05) is 0 Å². The highest BCUT2D eigenvalue weighted by Crippen LogP contribution is 2.17. The third-order valence-corrected chi connectivity index (χ3v) is 2.87. The smallest absolute Gasteiger partial charge is 0.251 e. The van der Waals surface area contributed by atoms with Gasteiger partial charge in [0.25, 0.3) is 5.91 Å². The zero-order chi connectivity index (χ0) is 13.8. The summed E-state index contributed by atoms with van der Waals surface area (Å²) in [4.78, 5) is 12.0. The van der Waals surface area contributed by atoms with Crippen LogP contribution in [0.1, 0.15) is 28.9 Å². The summed E-state index contributed by atoms with van der Waals surface area (Å²) in [5.74, 6) is -0.606. The molecule has 0 saturated heterocycles. The van der Waals surface area contributed by atoms with Gasteiger partial charge in [0.05, 0.1) is 6.04 Å². The number of halogens is 1. The number of rotatable bonds is 3. The molecule has 0 aliphatic rings. The van der Waals surface area contributed by atoms with Crippen LogP contribution in [0.3, 0.4) is 0 Å². The molecule has 2 aromatic rings. The van der Waals surface area contributed by atoms with Crippen molar-refractivity contribution >= 4 is 11.6 Å². The summed E-state index contributed by atoms with van der Waals surface area (Å²) in [6.45, 7) is 1.74. The van der Waals surface area contributed by atoms with Crippen LogP contribution in [0.15, 0.2) is 48.5 Å². The lowest BCUT2D eigenvalue weighted by Crippen LogP contribution is -2.27. The maximum atomic E-state index is 13.6. The van der Waals surface area contributed by atoms with Crippen molar-refractivity contribution in [1.82, 2.24) is 5.32 Å². The molecular formula is C15H15FN2O. The number of anilines is 1. The van der Waals surface area contributed by atoms with Gasteiger partial charge < -0.3 is 11.1 Å². The van der Waals surface area contributed by atoms with E-state index in [1.165, 1.54) is 6.07 Å². The van der Waals surface area contributed by atoms with Gasteiger partial charge in [0.2, 0.25) is 0 Å². The van der Waals surface area contributed by atoms with Crippen LogP contribution in [0, 0.1) is 5.82 Å². The van der Waals surface area contributed by atoms with E-state index >= 15 is 0 Å². The molecule has 0 aliphatic heterocycles. The number of carbonyl (C=O) groups excluding carboxylic acids is 1. The first-order valence-corrected chi connectivity index (χ1v) is 5.99. The normalized spacial score (nSPS) is 11.9. The van der Waals surface area contributed by atoms with Gasteiger partial charge in [-0.25, -0.2) is 4.39 Å². The maximum absolute atomic E-state index is 13.6. The van der Waals surface area contributed by atoms with E-state index in [9.17, 15) is 9.18 Å². The number of benzene rings is 2. The molecule has 4 heteroatoms. The Bertz CT molecular complexity index is 598. The van der Waals surface area contributed by atoms with Crippen molar-refractivity contribution in [1.29, 1.82) is 0 Å². The molecule has 1 atom stereocenters. The minimum atomic E-state index is -0.407. The highest BCUT2D eigenvalue weighted by atomic mass is 19.1. The maximum Gasteiger partial charge on any atom is 0.251 e. The van der Waals surface area contributed by atoms with E-state index in [1.54, 1.807) is 49.4 Å². The van der Waals surface area contributed by atoms with Crippen LogP contribution in [-0.4, -0.2) is 5.91 Å². The number of nitrogens with one attached hydrogen (secondary N) is 1. The Balaban J connectivity index is 2.13. The van der Waals surface area contributed by atoms with E-state index < -0.39 is 6.04 Å². The summed E-state index contributed by atoms with van der Waals surface area (Å²) in [6, 6.07) is 12.6. The molecule has 0 spiro atoms. The molecule has 1 amide bonds. The van der Waals surface area contributed by atoms with Crippen LogP contribution < -0.4 is 11.1 Å². The van der Waals surface area contributed by atoms with Gasteiger partial charge in [0, 0.05) is 16.8 Å². The summed E-state index contributed by atoms with van der Waals surface area (Å²) in [5.41, 5.74) is 7.06. The first-order valence-electron chi connectivity index (χ1n) is 5.99. The summed E-state index contributed by atoms with van der Waals surface area (Å²) in [6.07, 6.45) is 0. The van der Waals surface area contributed by atoms with Crippen molar-refractivity contribution in [3.63, 3.8) is 0 Å². The Morgan fingerprint density at radius 3 is 2.63 bits per heavy atom. The summed E-state index contributed by atoms with van der Waals surface area (Å²) >= 11 is 0. The number of carbonyl (C=O) groups is 1. The van der Waals surface area contributed by atoms with Crippen molar-refractivity contribution in [2.75, 3.05) is 5.73 Å². The van der Waals surface area contributed by atoms with E-state index in [0.717, 1.165) is 0 Å². The van der Waals surface area contributed by atoms with Gasteiger partial charge >= 0.3 is 0 Å². The summed E-state index contributed by atoms with van der Waals surface area (Å²) in [7, 11) is 0. The molecule has 0 radical (unpaired) electrons. The third kappa shape index (κ3) is 3.10. The van der Waals surface area contributed by atoms with Crippen molar-refractivity contribution in [3.05, 3.63) is 65.5 Å². The lowest BCUT2D eigenvalue weighted by molar-refractivity contribution is 0.0939. The standard InChI is InChI=1S/C15H15FN2O/c1-10(13-7-2-3-8-14(13)16)18-15(19)11-5-4-6-12(17)9-11/h2-10H,17H2,1H3,(H,18,19). The van der Waals surface area contributed by atoms with Crippen LogP contribution in [-0.2, 0) is 0 Å². The number of nitrogens with two attached hydrogens (primary N) is 1. The average molecular weight is 258 g/mol. The van der Waals surface area contributed by atoms with Crippen LogP contribution in [0.4, 0.5) is 10.1 Å². The quantitative estimate of drug-likeness (QED) is 0.832. The van der Waals surface area contributed by atoms with Gasteiger partial charge in [-0.05, 0) is 31.2 Å². The SMILES string of the molecule is CC(NC(=O)c1cccc(N)c1)c1ccccc1F. The molecule has 2 rings (SSSR count). The van der Waals surface area contributed by atoms with Crippen LogP contribution in [0.2, 0.25) is 0 Å². The zero-order valence-electron chi connectivity index (χ0n) is 10.6. The van der Waals surface area contributed by atoms with Gasteiger partial charge in [0.15, 0.2) is 0 Å². The molecule has 0 bridgehead atoms. The fraction of sp³-hybridized carbons (Fsp3) is 0.133. The molecular weight excluding hydrogens is 243 g/mol. The molecule has 0 fully saturated rings. The second-order valence-corrected chi connectivity index (χ2v) is 4.34. The van der Waals surface area contributed by atoms with Gasteiger partial charge in [-0.3, -0.25) is 4.79 Å². The first kappa shape index (κ1) is 13.1. The predicted molar refractivity (Wildman–Crippen MR) is 73.1 cm³/mol. The number of amides is 1. The molecule has 3 nitrogen and oxygen atoms in total. The second kappa shape index (κ2) is 5.52. The Morgan fingerprint density at radius 2 is 1.95 bits per heavy atom. The van der Waals surface area contributed by atoms with Gasteiger partial charge in [-0.2, -0.15) is 0 Å². The first-order chi connectivity index (χ1) is 9.08. The number of hydrogen-bond donors (Lipinski definition) is 2. The fourth-order valence-corrected chi connectivity index (χ4v) is 1.86. The molecule has 0 heterocycles. The van der Waals surface area contributed by atoms with Crippen LogP contribution in [0.5, 0.6) is 0 Å². The Labute approximate surface area is 111 Å². The van der Waals surface area contributed by atoms with E-state index in [-0.39, 0.29) is 11.7 Å². The second-order valence-electron chi connectivity index (χ2n) is 4.34. The minimum Gasteiger partial charge on any atom is -0.399 e. The van der Waals surface area contributed by atoms with E-state index in [0.29, 0.717) is 16.8 Å². The van der Waals surface area contributed by atoms with Crippen molar-refractivity contribution in [2.24, 2.45) is 0 Å². The van der Waals surface area contributed by atoms with Gasteiger partial charge in [-0.15, -0.1) is 0 Å². The van der Waals surface area contributed by atoms with Crippen molar-refractivity contribution in [2.45, 2.75) is 13.0 Å². The topological polar surface area (TPSA) is 55.1 Å². The monoisotopic (exact) mass is 258 g/mol. The number of nitrogen functional groups attached to an aromatic ring is 1. The van der Waals surface area contributed by atoms with Gasteiger partial charge in [0.1, 0.15) is 5.82 Å². The molecule has 1 unspecified atom stereocenters. The molecule has 2 aromatic carbocycles. The lowest BCUT2D eigenvalue weighted by atomic mass is 10.1. The highest BCUT2D eigenvalue weighted by molar-refractivity contribution is 5.95. The average Bonchev–Trinajstić information content (AvgIpc) is 2.39. The van der Waals surface area contributed by atoms with Crippen molar-refractivity contribution in [3.8, 4) is 0 Å². The Hall–Kier alpha value is -2.36. The minimum absolute atomic E-state index is 0.275. The number of hydrogen-bond acceptors (Lipinski definition) is 2. The lowest BCUT2D eigenvalue weighted by Gasteiger charge is -2.15. The molecule has 0 aromatic heterocycles. The molecule has 98 valence electrons. The Morgan fingerprint density at radius 1 is 1.21 bits per heavy atom. The van der Waals surface area contributed by atoms with Gasteiger partial charge in [-0.1, -0.05) is 24.3 Å². The molecule has 19 heavy (non-hydrogen) atoms. The zero-order valence-corrected chi connectivity index (χ0v) is 10.6. The third-order valence-electron chi connectivity index (χ3n) is 2.87. The molecule has 0 saturated carbocycles. The fourth-order valence-electron chi connectivity index (χ4n) is 1.86. The van der Waals surface area contributed by atoms with Crippen LogP contribution in [0.25, 0.3) is 0 Å². The Kier molecular flexibility index (Phi) is 3.80. The summed E-state index contributed by atoms with van der Waals surface area (Å²) in [5, 5.41) is 2.75. The summed E-state index contributed by atoms with van der Waals surface area (Å²) < 4.78 is 13.6. The van der Waals surface area contributed by atoms with Crippen molar-refractivity contribution < 1.29 is 9.18 Å². The highest BCUT2D eigenvalue weighted by Gasteiger charge is 2.14. The van der Waals surface area contributed by atoms with E-state index in [2.05, 4.69) is 5.32 Å². The largest absolute Gasteiger partial charge is 0.399 e. The predicted octanol–water partition coefficient (Wildman–Crippen LogP) is 2.90. The van der Waals surface area contributed by atoms with E-state index in [4.69, 9.17) is 5.73 Å². The molecule has 3 N–H and O–H groups in total.